The van der Waals surface area contributed by atoms with Gasteiger partial charge in [0.05, 0.1) is 9.71 Å². The molecular formula is C24H22N4O4S. The van der Waals surface area contributed by atoms with E-state index in [1.54, 1.807) is 0 Å². The van der Waals surface area contributed by atoms with Gasteiger partial charge in [-0.05, 0) is 44.0 Å². The van der Waals surface area contributed by atoms with E-state index in [2.05, 4.69) is 21.5 Å². The van der Waals surface area contributed by atoms with Crippen LogP contribution in [0.15, 0.2) is 41.2 Å². The minimum atomic E-state index is -0.374. The molecule has 0 unspecified atom stereocenters. The van der Waals surface area contributed by atoms with Crippen LogP contribution in [0.25, 0.3) is 21.5 Å². The van der Waals surface area contributed by atoms with Crippen LogP contribution in [0, 0.1) is 20.8 Å². The summed E-state index contributed by atoms with van der Waals surface area (Å²) in [4.78, 5) is 30.2. The van der Waals surface area contributed by atoms with Crippen LogP contribution >= 0.6 is 11.3 Å². The topological polar surface area (TPSA) is 95.3 Å². The first-order valence-corrected chi connectivity index (χ1v) is 11.3. The van der Waals surface area contributed by atoms with Crippen LogP contribution in [-0.4, -0.2) is 27.5 Å². The fourth-order valence-electron chi connectivity index (χ4n) is 3.87. The van der Waals surface area contributed by atoms with E-state index in [-0.39, 0.29) is 24.8 Å². The smallest absolute Gasteiger partial charge is 0.294 e. The Morgan fingerprint density at radius 2 is 1.94 bits per heavy atom. The number of hydrogen-bond acceptors (Lipinski definition) is 7. The Bertz CT molecular complexity index is 1460. The second-order valence-corrected chi connectivity index (χ2v) is 9.21. The number of nitrogens with zero attached hydrogens (tertiary/aromatic N) is 3. The Kier molecular flexibility index (Phi) is 5.33. The molecule has 0 aliphatic carbocycles. The molecule has 0 spiro atoms. The van der Waals surface area contributed by atoms with E-state index in [0.717, 1.165) is 32.0 Å². The third-order valence-corrected chi connectivity index (χ3v) is 6.44. The lowest BCUT2D eigenvalue weighted by molar-refractivity contribution is -0.122. The van der Waals surface area contributed by atoms with Crippen LogP contribution in [0.2, 0.25) is 0 Å². The Morgan fingerprint density at radius 1 is 1.12 bits per heavy atom. The SMILES string of the molecule is Cc1ccc(-c2nn(CC(=O)NCc3ccc4c(c3)OCO4)c(=O)c3nc(C)sc23)c(C)c1. The first-order valence-electron chi connectivity index (χ1n) is 10.5. The molecule has 2 aromatic heterocycles. The van der Waals surface area contributed by atoms with Crippen molar-refractivity contribution in [3.05, 3.63) is 68.4 Å². The van der Waals surface area contributed by atoms with Gasteiger partial charge < -0.3 is 14.8 Å². The zero-order valence-electron chi connectivity index (χ0n) is 18.5. The van der Waals surface area contributed by atoms with Gasteiger partial charge in [-0.2, -0.15) is 5.10 Å². The van der Waals surface area contributed by atoms with E-state index >= 15 is 0 Å². The highest BCUT2D eigenvalue weighted by atomic mass is 32.1. The molecule has 9 heteroatoms. The highest BCUT2D eigenvalue weighted by Crippen LogP contribution is 2.33. The van der Waals surface area contributed by atoms with Gasteiger partial charge >= 0.3 is 0 Å². The van der Waals surface area contributed by atoms with Gasteiger partial charge in [0, 0.05) is 12.1 Å². The number of aryl methyl sites for hydroxylation is 3. The number of nitrogens with one attached hydrogen (secondary N) is 1. The van der Waals surface area contributed by atoms with E-state index in [1.807, 2.05) is 51.1 Å². The molecule has 2 aromatic carbocycles. The van der Waals surface area contributed by atoms with E-state index in [9.17, 15) is 9.59 Å². The van der Waals surface area contributed by atoms with Gasteiger partial charge in [0.1, 0.15) is 12.2 Å². The van der Waals surface area contributed by atoms with Gasteiger partial charge in [-0.3, -0.25) is 9.59 Å². The number of amides is 1. The van der Waals surface area contributed by atoms with E-state index < -0.39 is 0 Å². The van der Waals surface area contributed by atoms with E-state index in [4.69, 9.17) is 9.47 Å². The fourth-order valence-corrected chi connectivity index (χ4v) is 4.78. The lowest BCUT2D eigenvalue weighted by Crippen LogP contribution is -2.33. The van der Waals surface area contributed by atoms with Crippen molar-refractivity contribution in [3.63, 3.8) is 0 Å². The first kappa shape index (κ1) is 21.1. The molecule has 0 bridgehead atoms. The van der Waals surface area contributed by atoms with E-state index in [1.165, 1.54) is 16.0 Å². The number of carbonyl (C=O) groups excluding carboxylic acids is 1. The summed E-state index contributed by atoms with van der Waals surface area (Å²) in [6.07, 6.45) is 0. The van der Waals surface area contributed by atoms with Crippen LogP contribution < -0.4 is 20.3 Å². The molecule has 1 N–H and O–H groups in total. The average Bonchev–Trinajstić information content (AvgIpc) is 3.41. The fraction of sp³-hybridized carbons (Fsp3) is 0.250. The molecule has 8 nitrogen and oxygen atoms in total. The number of ether oxygens (including phenoxy) is 2. The average molecular weight is 463 g/mol. The van der Waals surface area contributed by atoms with Crippen molar-refractivity contribution in [2.24, 2.45) is 0 Å². The zero-order chi connectivity index (χ0) is 23.1. The summed E-state index contributed by atoms with van der Waals surface area (Å²) in [6, 6.07) is 11.6. The molecule has 5 rings (SSSR count). The maximum atomic E-state index is 13.0. The van der Waals surface area contributed by atoms with Gasteiger partial charge in [-0.15, -0.1) is 11.3 Å². The lowest BCUT2D eigenvalue weighted by Gasteiger charge is -2.11. The van der Waals surface area contributed by atoms with Gasteiger partial charge in [0.2, 0.25) is 12.7 Å². The predicted octanol–water partition coefficient (Wildman–Crippen LogP) is 3.49. The molecule has 168 valence electrons. The summed E-state index contributed by atoms with van der Waals surface area (Å²) in [5.41, 5.74) is 4.61. The van der Waals surface area contributed by atoms with Crippen LogP contribution in [0.5, 0.6) is 11.5 Å². The molecule has 0 saturated carbocycles. The molecule has 0 radical (unpaired) electrons. The lowest BCUT2D eigenvalue weighted by atomic mass is 10.0. The molecule has 0 fully saturated rings. The van der Waals surface area contributed by atoms with Gasteiger partial charge in [-0.1, -0.05) is 29.8 Å². The molecule has 0 atom stereocenters. The summed E-state index contributed by atoms with van der Waals surface area (Å²) in [5.74, 6) is 1.02. The molecule has 1 aliphatic rings. The summed E-state index contributed by atoms with van der Waals surface area (Å²) in [5, 5.41) is 8.22. The summed E-state index contributed by atoms with van der Waals surface area (Å²) >= 11 is 1.44. The standard InChI is InChI=1S/C24H22N4O4S/c1-13-4-6-17(14(2)8-13)21-23-22(26-15(3)33-23)24(30)28(27-21)11-20(29)25-10-16-5-7-18-19(9-16)32-12-31-18/h4-9H,10-12H2,1-3H3,(H,25,29). The van der Waals surface area contributed by atoms with E-state index in [0.29, 0.717) is 29.3 Å². The number of thiazole rings is 1. The van der Waals surface area contributed by atoms with Crippen LogP contribution in [0.3, 0.4) is 0 Å². The minimum Gasteiger partial charge on any atom is -0.454 e. The van der Waals surface area contributed by atoms with Crippen LogP contribution in [-0.2, 0) is 17.9 Å². The Morgan fingerprint density at radius 3 is 2.76 bits per heavy atom. The molecule has 1 aliphatic heterocycles. The molecule has 33 heavy (non-hydrogen) atoms. The van der Waals surface area contributed by atoms with Crippen molar-refractivity contribution >= 4 is 27.5 Å². The van der Waals surface area contributed by atoms with Crippen molar-refractivity contribution in [2.45, 2.75) is 33.9 Å². The van der Waals surface area contributed by atoms with Crippen molar-refractivity contribution < 1.29 is 14.3 Å². The number of carbonyl (C=O) groups is 1. The number of benzene rings is 2. The quantitative estimate of drug-likeness (QED) is 0.488. The molecule has 0 saturated heterocycles. The van der Waals surface area contributed by atoms with Gasteiger partial charge in [0.25, 0.3) is 5.56 Å². The van der Waals surface area contributed by atoms with Crippen molar-refractivity contribution in [1.29, 1.82) is 0 Å². The highest BCUT2D eigenvalue weighted by molar-refractivity contribution is 7.19. The minimum absolute atomic E-state index is 0.196. The molecule has 1 amide bonds. The third-order valence-electron chi connectivity index (χ3n) is 5.46. The monoisotopic (exact) mass is 462 g/mol. The van der Waals surface area contributed by atoms with Crippen LogP contribution in [0.1, 0.15) is 21.7 Å². The maximum absolute atomic E-state index is 13.0. The molecule has 4 aromatic rings. The third kappa shape index (κ3) is 4.07. The first-order chi connectivity index (χ1) is 15.9. The largest absolute Gasteiger partial charge is 0.454 e. The van der Waals surface area contributed by atoms with Gasteiger partial charge in [0.15, 0.2) is 17.0 Å². The number of hydrogen-bond donors (Lipinski definition) is 1. The van der Waals surface area contributed by atoms with Crippen molar-refractivity contribution in [1.82, 2.24) is 20.1 Å². The normalized spacial score (nSPS) is 12.3. The number of rotatable bonds is 5. The maximum Gasteiger partial charge on any atom is 0.294 e. The summed E-state index contributed by atoms with van der Waals surface area (Å²) in [6.45, 7) is 6.19. The Balaban J connectivity index is 1.43. The second kappa shape index (κ2) is 8.32. The summed E-state index contributed by atoms with van der Waals surface area (Å²) in [7, 11) is 0. The van der Waals surface area contributed by atoms with Crippen molar-refractivity contribution in [2.75, 3.05) is 6.79 Å². The number of aromatic nitrogens is 3. The predicted molar refractivity (Wildman–Crippen MR) is 126 cm³/mol. The zero-order valence-corrected chi connectivity index (χ0v) is 19.3. The molecular weight excluding hydrogens is 440 g/mol. The Labute approximate surface area is 193 Å². The van der Waals surface area contributed by atoms with Crippen LogP contribution in [0.4, 0.5) is 0 Å². The summed E-state index contributed by atoms with van der Waals surface area (Å²) < 4.78 is 12.6. The highest BCUT2D eigenvalue weighted by Gasteiger charge is 2.19. The van der Waals surface area contributed by atoms with Gasteiger partial charge in [-0.25, -0.2) is 9.67 Å². The molecule has 3 heterocycles. The number of fused-ring (bicyclic) bond motifs is 2. The Hall–Kier alpha value is -3.72. The second-order valence-electron chi connectivity index (χ2n) is 8.00. The van der Waals surface area contributed by atoms with Crippen molar-refractivity contribution in [3.8, 4) is 22.8 Å².